The van der Waals surface area contributed by atoms with E-state index in [4.69, 9.17) is 0 Å². The second-order valence-corrected chi connectivity index (χ2v) is 7.00. The lowest BCUT2D eigenvalue weighted by atomic mass is 9.96. The smallest absolute Gasteiger partial charge is 0.329 e. The molecule has 2 aliphatic rings. The summed E-state index contributed by atoms with van der Waals surface area (Å²) in [7, 11) is 0. The summed E-state index contributed by atoms with van der Waals surface area (Å²) in [4.78, 5) is 38.3. The Morgan fingerprint density at radius 3 is 2.71 bits per heavy atom. The van der Waals surface area contributed by atoms with E-state index in [0.717, 1.165) is 38.5 Å². The van der Waals surface area contributed by atoms with E-state index >= 15 is 0 Å². The SMILES string of the molecule is CC1(C(=O)O)C/C=C\CCCCCCC(=O)N2CCCC2C(=O)N1. The predicted molar refractivity (Wildman–Crippen MR) is 90.4 cm³/mol. The zero-order chi connectivity index (χ0) is 17.6. The van der Waals surface area contributed by atoms with Gasteiger partial charge in [0.05, 0.1) is 0 Å². The van der Waals surface area contributed by atoms with Crippen LogP contribution in [0.5, 0.6) is 0 Å². The molecule has 2 N–H and O–H groups in total. The molecule has 134 valence electrons. The number of rotatable bonds is 1. The summed E-state index contributed by atoms with van der Waals surface area (Å²) in [5, 5.41) is 12.2. The van der Waals surface area contributed by atoms with E-state index in [-0.39, 0.29) is 18.2 Å². The Morgan fingerprint density at radius 2 is 1.96 bits per heavy atom. The van der Waals surface area contributed by atoms with Gasteiger partial charge in [-0.05, 0) is 45.4 Å². The first-order chi connectivity index (χ1) is 11.4. The van der Waals surface area contributed by atoms with Crippen LogP contribution in [0.4, 0.5) is 0 Å². The summed E-state index contributed by atoms with van der Waals surface area (Å²) in [6.07, 6.45) is 10.8. The summed E-state index contributed by atoms with van der Waals surface area (Å²) >= 11 is 0. The van der Waals surface area contributed by atoms with E-state index in [1.54, 1.807) is 4.90 Å². The molecule has 6 heteroatoms. The van der Waals surface area contributed by atoms with Gasteiger partial charge in [-0.25, -0.2) is 4.79 Å². The third-order valence-electron chi connectivity index (χ3n) is 4.95. The Morgan fingerprint density at radius 1 is 1.21 bits per heavy atom. The number of hydrogen-bond acceptors (Lipinski definition) is 3. The maximum absolute atomic E-state index is 12.6. The van der Waals surface area contributed by atoms with Gasteiger partial charge in [0.1, 0.15) is 11.6 Å². The van der Waals surface area contributed by atoms with Gasteiger partial charge >= 0.3 is 5.97 Å². The molecule has 0 aromatic heterocycles. The molecule has 0 radical (unpaired) electrons. The molecule has 0 aromatic rings. The summed E-state index contributed by atoms with van der Waals surface area (Å²) in [5.41, 5.74) is -1.34. The van der Waals surface area contributed by atoms with Crippen molar-refractivity contribution in [1.29, 1.82) is 0 Å². The van der Waals surface area contributed by atoms with Crippen LogP contribution in [0, 0.1) is 0 Å². The number of carbonyl (C=O) groups is 3. The van der Waals surface area contributed by atoms with Crippen molar-refractivity contribution < 1.29 is 19.5 Å². The minimum atomic E-state index is -1.34. The van der Waals surface area contributed by atoms with Gasteiger partial charge in [0.15, 0.2) is 0 Å². The molecule has 0 saturated carbocycles. The maximum atomic E-state index is 12.6. The van der Waals surface area contributed by atoms with Crippen molar-refractivity contribution in [3.05, 3.63) is 12.2 Å². The number of carbonyl (C=O) groups excluding carboxylic acids is 2. The van der Waals surface area contributed by atoms with Gasteiger partial charge in [-0.15, -0.1) is 0 Å². The van der Waals surface area contributed by atoms with Gasteiger partial charge in [0.25, 0.3) is 0 Å². The molecule has 6 nitrogen and oxygen atoms in total. The third kappa shape index (κ3) is 4.58. The highest BCUT2D eigenvalue weighted by Gasteiger charge is 2.39. The Kier molecular flexibility index (Phi) is 6.40. The van der Waals surface area contributed by atoms with Gasteiger partial charge in [0.2, 0.25) is 11.8 Å². The Hall–Kier alpha value is -1.85. The van der Waals surface area contributed by atoms with Crippen LogP contribution in [0.1, 0.15) is 64.7 Å². The molecule has 2 amide bonds. The van der Waals surface area contributed by atoms with Crippen LogP contribution in [-0.4, -0.2) is 45.9 Å². The number of amides is 2. The van der Waals surface area contributed by atoms with Crippen molar-refractivity contribution in [2.24, 2.45) is 0 Å². The molecule has 0 spiro atoms. The summed E-state index contributed by atoms with van der Waals surface area (Å²) in [6, 6.07) is -0.537. The van der Waals surface area contributed by atoms with Crippen molar-refractivity contribution in [3.63, 3.8) is 0 Å². The van der Waals surface area contributed by atoms with Gasteiger partial charge in [-0.2, -0.15) is 0 Å². The fraction of sp³-hybridized carbons (Fsp3) is 0.722. The number of nitrogens with one attached hydrogen (secondary N) is 1. The quantitative estimate of drug-likeness (QED) is 0.719. The van der Waals surface area contributed by atoms with Crippen molar-refractivity contribution in [2.45, 2.75) is 76.3 Å². The fourth-order valence-electron chi connectivity index (χ4n) is 3.36. The lowest BCUT2D eigenvalue weighted by molar-refractivity contribution is -0.148. The van der Waals surface area contributed by atoms with E-state index < -0.39 is 17.6 Å². The Balaban J connectivity index is 2.17. The standard InChI is InChI=1S/C18H28N2O4/c1-18(17(23)24)12-8-6-4-2-3-5-7-11-15(21)20-13-9-10-14(20)16(22)19-18/h6,8,14H,2-5,7,9-13H2,1H3,(H,19,22)(H,23,24)/b8-6-. The molecule has 1 fully saturated rings. The van der Waals surface area contributed by atoms with E-state index in [1.807, 2.05) is 12.2 Å². The van der Waals surface area contributed by atoms with Gasteiger partial charge < -0.3 is 15.3 Å². The average molecular weight is 336 g/mol. The molecule has 24 heavy (non-hydrogen) atoms. The minimum absolute atomic E-state index is 0.0117. The first-order valence-corrected chi connectivity index (χ1v) is 8.94. The molecule has 2 unspecified atom stereocenters. The Bertz CT molecular complexity index is 517. The van der Waals surface area contributed by atoms with Crippen LogP contribution < -0.4 is 5.32 Å². The summed E-state index contributed by atoms with van der Waals surface area (Å²) in [6.45, 7) is 2.11. The molecule has 2 heterocycles. The number of fused-ring (bicyclic) bond motifs is 1. The molecule has 2 rings (SSSR count). The summed E-state index contributed by atoms with van der Waals surface area (Å²) in [5.74, 6) is -1.40. The zero-order valence-corrected chi connectivity index (χ0v) is 14.4. The van der Waals surface area contributed by atoms with E-state index in [0.29, 0.717) is 19.4 Å². The molecular weight excluding hydrogens is 308 g/mol. The fourth-order valence-corrected chi connectivity index (χ4v) is 3.36. The number of carboxylic acid groups (broad SMARTS) is 1. The first-order valence-electron chi connectivity index (χ1n) is 8.94. The van der Waals surface area contributed by atoms with Gasteiger partial charge in [-0.3, -0.25) is 9.59 Å². The van der Waals surface area contributed by atoms with Crippen molar-refractivity contribution in [2.75, 3.05) is 6.54 Å². The molecular formula is C18H28N2O4. The second kappa shape index (κ2) is 8.31. The Labute approximate surface area is 143 Å². The third-order valence-corrected chi connectivity index (χ3v) is 4.95. The largest absolute Gasteiger partial charge is 0.480 e. The zero-order valence-electron chi connectivity index (χ0n) is 14.4. The van der Waals surface area contributed by atoms with Crippen LogP contribution in [0.15, 0.2) is 12.2 Å². The number of hydrogen-bond donors (Lipinski definition) is 2. The lowest BCUT2D eigenvalue weighted by Gasteiger charge is -2.30. The van der Waals surface area contributed by atoms with E-state index in [9.17, 15) is 19.5 Å². The monoisotopic (exact) mass is 336 g/mol. The summed E-state index contributed by atoms with van der Waals surface area (Å²) < 4.78 is 0. The number of aliphatic carboxylic acids is 1. The molecule has 0 aromatic carbocycles. The van der Waals surface area contributed by atoms with Gasteiger partial charge in [-0.1, -0.05) is 25.0 Å². The van der Waals surface area contributed by atoms with Crippen LogP contribution in [-0.2, 0) is 14.4 Å². The molecule has 1 saturated heterocycles. The maximum Gasteiger partial charge on any atom is 0.329 e. The number of allylic oxidation sites excluding steroid dienone is 1. The topological polar surface area (TPSA) is 86.7 Å². The van der Waals surface area contributed by atoms with Crippen molar-refractivity contribution in [3.8, 4) is 0 Å². The van der Waals surface area contributed by atoms with Crippen LogP contribution in [0.2, 0.25) is 0 Å². The highest BCUT2D eigenvalue weighted by molar-refractivity contribution is 5.92. The normalized spacial score (nSPS) is 31.5. The van der Waals surface area contributed by atoms with Crippen LogP contribution in [0.25, 0.3) is 0 Å². The van der Waals surface area contributed by atoms with Crippen molar-refractivity contribution in [1.82, 2.24) is 10.2 Å². The molecule has 2 aliphatic heterocycles. The second-order valence-electron chi connectivity index (χ2n) is 7.00. The van der Waals surface area contributed by atoms with Crippen molar-refractivity contribution >= 4 is 17.8 Å². The van der Waals surface area contributed by atoms with E-state index in [1.165, 1.54) is 6.92 Å². The predicted octanol–water partition coefficient (Wildman–Crippen LogP) is 2.24. The van der Waals surface area contributed by atoms with E-state index in [2.05, 4.69) is 5.32 Å². The minimum Gasteiger partial charge on any atom is -0.480 e. The molecule has 0 aliphatic carbocycles. The molecule has 0 bridgehead atoms. The highest BCUT2D eigenvalue weighted by atomic mass is 16.4. The number of carboxylic acids is 1. The highest BCUT2D eigenvalue weighted by Crippen LogP contribution is 2.22. The first kappa shape index (κ1) is 18.5. The molecule has 2 atom stereocenters. The van der Waals surface area contributed by atoms with Gasteiger partial charge in [0, 0.05) is 13.0 Å². The van der Waals surface area contributed by atoms with Crippen LogP contribution >= 0.6 is 0 Å². The average Bonchev–Trinajstić information content (AvgIpc) is 3.01. The van der Waals surface area contributed by atoms with Crippen LogP contribution in [0.3, 0.4) is 0 Å². The lowest BCUT2D eigenvalue weighted by Crippen LogP contribution is -2.57. The number of nitrogens with zero attached hydrogens (tertiary/aromatic N) is 1.